The van der Waals surface area contributed by atoms with E-state index in [-0.39, 0.29) is 30.0 Å². The fourth-order valence-electron chi connectivity index (χ4n) is 4.38. The van der Waals surface area contributed by atoms with Crippen LogP contribution in [0.3, 0.4) is 0 Å². The molecule has 6 nitrogen and oxygen atoms in total. The predicted octanol–water partition coefficient (Wildman–Crippen LogP) is 4.29. The lowest BCUT2D eigenvalue weighted by atomic mass is 9.88. The minimum absolute atomic E-state index is 0.0504. The Labute approximate surface area is 199 Å². The molecule has 2 aliphatic heterocycles. The first kappa shape index (κ1) is 22.7. The Morgan fingerprint density at radius 2 is 2.09 bits per heavy atom. The van der Waals surface area contributed by atoms with Crippen LogP contribution in [0.15, 0.2) is 77.8 Å². The van der Waals surface area contributed by atoms with Crippen molar-refractivity contribution in [1.29, 1.82) is 5.26 Å². The number of amides is 1. The average molecular weight is 478 g/mol. The standard InChI is InChI=1S/C26H21F3N4O2/c27-26(28,29)24-5-4-19(12-32-24)25(34)33-14-21(15-33)35-23-10-20(9-18-6-7-31-13-22(18)23)17-3-1-2-16(8-17)11-30/h1-2,4-10,13,17,21,32H,3,12,14-15H2. The Balaban J connectivity index is 1.30. The summed E-state index contributed by atoms with van der Waals surface area (Å²) in [5.74, 6) is 0.396. The van der Waals surface area contributed by atoms with Crippen LogP contribution in [0, 0.1) is 11.3 Å². The second-order valence-electron chi connectivity index (χ2n) is 8.67. The summed E-state index contributed by atoms with van der Waals surface area (Å²) in [5, 5.41) is 13.3. The summed E-state index contributed by atoms with van der Waals surface area (Å²) in [7, 11) is 0. The molecular formula is C26H21F3N4O2. The van der Waals surface area contributed by atoms with Gasteiger partial charge in [0, 0.05) is 41.4 Å². The van der Waals surface area contributed by atoms with Gasteiger partial charge in [-0.2, -0.15) is 18.4 Å². The van der Waals surface area contributed by atoms with Crippen molar-refractivity contribution < 1.29 is 22.7 Å². The van der Waals surface area contributed by atoms with Crippen LogP contribution in [0.2, 0.25) is 0 Å². The van der Waals surface area contributed by atoms with E-state index in [1.54, 1.807) is 17.3 Å². The molecule has 0 bridgehead atoms. The van der Waals surface area contributed by atoms with E-state index >= 15 is 0 Å². The third-order valence-corrected chi connectivity index (χ3v) is 6.30. The number of allylic oxidation sites excluding steroid dienone is 7. The summed E-state index contributed by atoms with van der Waals surface area (Å²) in [5.41, 5.74) is 1.06. The Morgan fingerprint density at radius 1 is 1.26 bits per heavy atom. The summed E-state index contributed by atoms with van der Waals surface area (Å²) in [6, 6.07) is 8.12. The number of likely N-dealkylation sites (tertiary alicyclic amines) is 1. The number of rotatable bonds is 4. The number of hydrogen-bond donors (Lipinski definition) is 1. The zero-order chi connectivity index (χ0) is 24.6. The van der Waals surface area contributed by atoms with Gasteiger partial charge in [0.25, 0.3) is 5.91 Å². The van der Waals surface area contributed by atoms with Crippen molar-refractivity contribution in [3.63, 3.8) is 0 Å². The molecule has 1 fully saturated rings. The number of nitriles is 1. The van der Waals surface area contributed by atoms with Crippen molar-refractivity contribution in [1.82, 2.24) is 15.2 Å². The molecule has 1 N–H and O–H groups in total. The van der Waals surface area contributed by atoms with E-state index in [9.17, 15) is 23.2 Å². The molecule has 2 aromatic rings. The molecule has 0 saturated carbocycles. The highest BCUT2D eigenvalue weighted by molar-refractivity contribution is 5.95. The Bertz CT molecular complexity index is 1340. The topological polar surface area (TPSA) is 78.2 Å². The molecule has 1 amide bonds. The van der Waals surface area contributed by atoms with Crippen molar-refractivity contribution in [2.24, 2.45) is 0 Å². The third kappa shape index (κ3) is 4.64. The van der Waals surface area contributed by atoms with Crippen LogP contribution in [0.4, 0.5) is 13.2 Å². The van der Waals surface area contributed by atoms with E-state index in [1.165, 1.54) is 6.08 Å². The fraction of sp³-hybridized carbons (Fsp3) is 0.269. The van der Waals surface area contributed by atoms with E-state index in [1.807, 2.05) is 30.4 Å². The molecule has 35 heavy (non-hydrogen) atoms. The normalized spacial score (nSPS) is 20.2. The van der Waals surface area contributed by atoms with Crippen molar-refractivity contribution in [3.8, 4) is 11.8 Å². The molecule has 1 aliphatic carbocycles. The lowest BCUT2D eigenvalue weighted by molar-refractivity contribution is -0.136. The van der Waals surface area contributed by atoms with Gasteiger partial charge in [0.1, 0.15) is 17.6 Å². The number of aromatic nitrogens is 1. The number of carbonyl (C=O) groups is 1. The number of pyridine rings is 1. The summed E-state index contributed by atoms with van der Waals surface area (Å²) >= 11 is 0. The second-order valence-corrected chi connectivity index (χ2v) is 8.67. The number of alkyl halides is 3. The molecule has 0 radical (unpaired) electrons. The number of dihydropyridines is 1. The van der Waals surface area contributed by atoms with Gasteiger partial charge in [0.2, 0.25) is 0 Å². The van der Waals surface area contributed by atoms with Gasteiger partial charge in [-0.05, 0) is 47.7 Å². The quantitative estimate of drug-likeness (QED) is 0.709. The number of nitrogens with one attached hydrogen (secondary N) is 1. The van der Waals surface area contributed by atoms with E-state index in [4.69, 9.17) is 4.74 Å². The van der Waals surface area contributed by atoms with Crippen LogP contribution in [0.1, 0.15) is 17.9 Å². The molecule has 3 heterocycles. The number of nitrogens with zero attached hydrogens (tertiary/aromatic N) is 3. The number of fused-ring (bicyclic) bond motifs is 1. The molecule has 5 rings (SSSR count). The number of hydrogen-bond acceptors (Lipinski definition) is 5. The summed E-state index contributed by atoms with van der Waals surface area (Å²) < 4.78 is 44.5. The van der Waals surface area contributed by atoms with Gasteiger partial charge < -0.3 is 15.0 Å². The predicted molar refractivity (Wildman–Crippen MR) is 123 cm³/mol. The van der Waals surface area contributed by atoms with E-state index in [0.717, 1.165) is 28.8 Å². The fourth-order valence-corrected chi connectivity index (χ4v) is 4.38. The average Bonchev–Trinajstić information content (AvgIpc) is 2.85. The monoisotopic (exact) mass is 478 g/mol. The third-order valence-electron chi connectivity index (χ3n) is 6.30. The maximum absolute atomic E-state index is 12.8. The van der Waals surface area contributed by atoms with Crippen molar-refractivity contribution in [2.75, 3.05) is 19.6 Å². The number of halogens is 3. The first-order valence-corrected chi connectivity index (χ1v) is 11.2. The zero-order valence-electron chi connectivity index (χ0n) is 18.5. The van der Waals surface area contributed by atoms with Crippen LogP contribution >= 0.6 is 0 Å². The van der Waals surface area contributed by atoms with Gasteiger partial charge in [0.15, 0.2) is 0 Å². The van der Waals surface area contributed by atoms with Gasteiger partial charge in [-0.3, -0.25) is 9.78 Å². The summed E-state index contributed by atoms with van der Waals surface area (Å²) in [6.07, 6.45) is 7.37. The minimum atomic E-state index is -4.47. The zero-order valence-corrected chi connectivity index (χ0v) is 18.5. The molecule has 1 aromatic heterocycles. The molecule has 1 saturated heterocycles. The maximum Gasteiger partial charge on any atom is 0.430 e. The summed E-state index contributed by atoms with van der Waals surface area (Å²) in [4.78, 5) is 18.4. The first-order chi connectivity index (χ1) is 16.8. The van der Waals surface area contributed by atoms with Crippen LogP contribution in [0.25, 0.3) is 10.8 Å². The minimum Gasteiger partial charge on any atom is -0.486 e. The second kappa shape index (κ2) is 8.95. The highest BCUT2D eigenvalue weighted by atomic mass is 19.4. The maximum atomic E-state index is 12.8. The van der Waals surface area contributed by atoms with Gasteiger partial charge in [-0.15, -0.1) is 0 Å². The molecule has 178 valence electrons. The summed E-state index contributed by atoms with van der Waals surface area (Å²) in [6.45, 7) is 0.504. The van der Waals surface area contributed by atoms with Crippen LogP contribution < -0.4 is 10.1 Å². The lowest BCUT2D eigenvalue weighted by Crippen LogP contribution is -2.57. The molecule has 1 unspecified atom stereocenters. The van der Waals surface area contributed by atoms with Crippen LogP contribution in [-0.2, 0) is 4.79 Å². The van der Waals surface area contributed by atoms with Crippen LogP contribution in [-0.4, -0.2) is 47.7 Å². The largest absolute Gasteiger partial charge is 0.486 e. The van der Waals surface area contributed by atoms with Gasteiger partial charge >= 0.3 is 6.18 Å². The SMILES string of the molecule is N#CC1=CC(c2cc(OC3CN(C(=O)C4=CC=C(C(F)(F)F)NC4)C3)c3cnccc3c2)CC=C1. The van der Waals surface area contributed by atoms with Gasteiger partial charge in [-0.25, -0.2) is 0 Å². The molecule has 3 aliphatic rings. The molecule has 1 aromatic carbocycles. The number of carbonyl (C=O) groups excluding carboxylic acids is 1. The Kier molecular flexibility index (Phi) is 5.81. The molecule has 1 atom stereocenters. The van der Waals surface area contributed by atoms with E-state index in [0.29, 0.717) is 24.4 Å². The van der Waals surface area contributed by atoms with Crippen LogP contribution in [0.5, 0.6) is 5.75 Å². The van der Waals surface area contributed by atoms with Gasteiger partial charge in [-0.1, -0.05) is 18.2 Å². The highest BCUT2D eigenvalue weighted by Gasteiger charge is 2.37. The van der Waals surface area contributed by atoms with E-state index < -0.39 is 11.9 Å². The number of benzene rings is 1. The molecular weight excluding hydrogens is 457 g/mol. The Morgan fingerprint density at radius 3 is 2.80 bits per heavy atom. The highest BCUT2D eigenvalue weighted by Crippen LogP contribution is 2.35. The van der Waals surface area contributed by atoms with Crippen molar-refractivity contribution in [3.05, 3.63) is 83.4 Å². The first-order valence-electron chi connectivity index (χ1n) is 11.2. The van der Waals surface area contributed by atoms with Crippen molar-refractivity contribution >= 4 is 16.7 Å². The number of ether oxygens (including phenoxy) is 1. The van der Waals surface area contributed by atoms with E-state index in [2.05, 4.69) is 22.4 Å². The Hall–Kier alpha value is -4.06. The molecule has 0 spiro atoms. The smallest absolute Gasteiger partial charge is 0.430 e. The molecule has 9 heteroatoms. The van der Waals surface area contributed by atoms with Gasteiger partial charge in [0.05, 0.1) is 19.2 Å². The van der Waals surface area contributed by atoms with Crippen molar-refractivity contribution in [2.45, 2.75) is 24.6 Å². The lowest BCUT2D eigenvalue weighted by Gasteiger charge is -2.40.